The molecule has 1 amide bonds. The van der Waals surface area contributed by atoms with Crippen LogP contribution in [0.5, 0.6) is 0 Å². The SMILES string of the molecule is CNC(=O)c1ccc(NCC2CCCCO2)c(N)c1. The molecule has 1 fully saturated rings. The highest BCUT2D eigenvalue weighted by Crippen LogP contribution is 2.21. The Balaban J connectivity index is 1.95. The maximum absolute atomic E-state index is 11.5. The van der Waals surface area contributed by atoms with Crippen LogP contribution in [0.3, 0.4) is 0 Å². The van der Waals surface area contributed by atoms with Gasteiger partial charge in [0.15, 0.2) is 0 Å². The summed E-state index contributed by atoms with van der Waals surface area (Å²) in [6, 6.07) is 5.28. The van der Waals surface area contributed by atoms with E-state index in [1.54, 1.807) is 19.2 Å². The number of rotatable bonds is 4. The molecule has 0 aromatic heterocycles. The van der Waals surface area contributed by atoms with Crippen LogP contribution < -0.4 is 16.4 Å². The zero-order valence-corrected chi connectivity index (χ0v) is 11.2. The molecule has 104 valence electrons. The predicted molar refractivity (Wildman–Crippen MR) is 76.3 cm³/mol. The van der Waals surface area contributed by atoms with Crippen molar-refractivity contribution in [3.63, 3.8) is 0 Å². The molecule has 1 aromatic rings. The zero-order chi connectivity index (χ0) is 13.7. The number of nitrogen functional groups attached to an aromatic ring is 1. The van der Waals surface area contributed by atoms with Gasteiger partial charge in [-0.05, 0) is 37.5 Å². The van der Waals surface area contributed by atoms with Crippen molar-refractivity contribution in [2.24, 2.45) is 0 Å². The topological polar surface area (TPSA) is 76.4 Å². The third kappa shape index (κ3) is 3.61. The van der Waals surface area contributed by atoms with Crippen molar-refractivity contribution in [1.29, 1.82) is 0 Å². The average Bonchev–Trinajstić information content (AvgIpc) is 2.46. The summed E-state index contributed by atoms with van der Waals surface area (Å²) < 4.78 is 5.65. The van der Waals surface area contributed by atoms with Crippen LogP contribution >= 0.6 is 0 Å². The Morgan fingerprint density at radius 2 is 2.32 bits per heavy atom. The standard InChI is InChI=1S/C14H21N3O2/c1-16-14(18)10-5-6-13(12(15)8-10)17-9-11-4-2-3-7-19-11/h5-6,8,11,17H,2-4,7,9,15H2,1H3,(H,16,18). The van der Waals surface area contributed by atoms with Gasteiger partial charge in [0.2, 0.25) is 0 Å². The Hall–Kier alpha value is -1.75. The summed E-state index contributed by atoms with van der Waals surface area (Å²) in [7, 11) is 1.60. The number of hydrogen-bond donors (Lipinski definition) is 3. The summed E-state index contributed by atoms with van der Waals surface area (Å²) in [5.74, 6) is -0.131. The van der Waals surface area contributed by atoms with Gasteiger partial charge in [-0.15, -0.1) is 0 Å². The molecular formula is C14H21N3O2. The van der Waals surface area contributed by atoms with Gasteiger partial charge >= 0.3 is 0 Å². The molecule has 2 rings (SSSR count). The molecule has 1 unspecified atom stereocenters. The molecule has 1 atom stereocenters. The fourth-order valence-electron chi connectivity index (χ4n) is 2.20. The van der Waals surface area contributed by atoms with Crippen LogP contribution in [0.4, 0.5) is 11.4 Å². The summed E-state index contributed by atoms with van der Waals surface area (Å²) in [4.78, 5) is 11.5. The molecule has 0 bridgehead atoms. The quantitative estimate of drug-likeness (QED) is 0.721. The monoisotopic (exact) mass is 263 g/mol. The third-order valence-electron chi connectivity index (χ3n) is 3.33. The van der Waals surface area contributed by atoms with Crippen LogP contribution in [-0.2, 0) is 4.74 Å². The van der Waals surface area contributed by atoms with Gasteiger partial charge in [-0.25, -0.2) is 0 Å². The first-order valence-corrected chi connectivity index (χ1v) is 6.68. The first-order valence-electron chi connectivity index (χ1n) is 6.68. The van der Waals surface area contributed by atoms with Crippen LogP contribution in [0.1, 0.15) is 29.6 Å². The number of carbonyl (C=O) groups excluding carboxylic acids is 1. The Kier molecular flexibility index (Phi) is 4.63. The van der Waals surface area contributed by atoms with Crippen LogP contribution in [-0.4, -0.2) is 32.2 Å². The molecule has 0 aliphatic carbocycles. The molecule has 5 nitrogen and oxygen atoms in total. The molecule has 5 heteroatoms. The Morgan fingerprint density at radius 3 is 2.95 bits per heavy atom. The Morgan fingerprint density at radius 1 is 1.47 bits per heavy atom. The smallest absolute Gasteiger partial charge is 0.251 e. The normalized spacial score (nSPS) is 18.9. The van der Waals surface area contributed by atoms with Crippen LogP contribution in [0.25, 0.3) is 0 Å². The number of nitrogens with two attached hydrogens (primary N) is 1. The minimum atomic E-state index is -0.131. The van der Waals surface area contributed by atoms with Crippen molar-refractivity contribution in [2.75, 3.05) is 31.2 Å². The highest BCUT2D eigenvalue weighted by atomic mass is 16.5. The molecular weight excluding hydrogens is 242 g/mol. The molecule has 0 spiro atoms. The lowest BCUT2D eigenvalue weighted by atomic mass is 10.1. The Bertz CT molecular complexity index is 442. The zero-order valence-electron chi connectivity index (χ0n) is 11.2. The van der Waals surface area contributed by atoms with Gasteiger partial charge in [-0.3, -0.25) is 4.79 Å². The number of nitrogens with one attached hydrogen (secondary N) is 2. The van der Waals surface area contributed by atoms with Crippen molar-refractivity contribution in [3.05, 3.63) is 23.8 Å². The van der Waals surface area contributed by atoms with Gasteiger partial charge in [-0.2, -0.15) is 0 Å². The van der Waals surface area contributed by atoms with Gasteiger partial charge in [-0.1, -0.05) is 0 Å². The van der Waals surface area contributed by atoms with Gasteiger partial charge < -0.3 is 21.1 Å². The van der Waals surface area contributed by atoms with Gasteiger partial charge in [0, 0.05) is 25.8 Å². The maximum atomic E-state index is 11.5. The van der Waals surface area contributed by atoms with Gasteiger partial charge in [0.25, 0.3) is 5.91 Å². The largest absolute Gasteiger partial charge is 0.397 e. The van der Waals surface area contributed by atoms with Gasteiger partial charge in [0.1, 0.15) is 0 Å². The molecule has 1 aliphatic rings. The number of anilines is 2. The number of carbonyl (C=O) groups is 1. The fourth-order valence-corrected chi connectivity index (χ4v) is 2.20. The lowest BCUT2D eigenvalue weighted by Crippen LogP contribution is -2.27. The van der Waals surface area contributed by atoms with E-state index in [0.29, 0.717) is 11.3 Å². The summed E-state index contributed by atoms with van der Waals surface area (Å²) in [5.41, 5.74) is 7.94. The van der Waals surface area contributed by atoms with Crippen LogP contribution in [0.2, 0.25) is 0 Å². The lowest BCUT2D eigenvalue weighted by Gasteiger charge is -2.23. The molecule has 19 heavy (non-hydrogen) atoms. The number of benzene rings is 1. The Labute approximate surface area is 113 Å². The van der Waals surface area contributed by atoms with Crippen molar-refractivity contribution in [2.45, 2.75) is 25.4 Å². The van der Waals surface area contributed by atoms with Crippen molar-refractivity contribution >= 4 is 17.3 Å². The predicted octanol–water partition coefficient (Wildman–Crippen LogP) is 1.61. The van der Waals surface area contributed by atoms with E-state index >= 15 is 0 Å². The van der Waals surface area contributed by atoms with E-state index in [4.69, 9.17) is 10.5 Å². The second kappa shape index (κ2) is 6.43. The summed E-state index contributed by atoms with van der Waals surface area (Å²) in [6.07, 6.45) is 3.71. The molecule has 1 aliphatic heterocycles. The molecule has 1 saturated heterocycles. The highest BCUT2D eigenvalue weighted by molar-refractivity contribution is 5.95. The van der Waals surface area contributed by atoms with Crippen LogP contribution in [0.15, 0.2) is 18.2 Å². The van der Waals surface area contributed by atoms with Crippen molar-refractivity contribution in [1.82, 2.24) is 5.32 Å². The van der Waals surface area contributed by atoms with E-state index in [1.807, 2.05) is 6.07 Å². The maximum Gasteiger partial charge on any atom is 0.251 e. The summed E-state index contributed by atoms with van der Waals surface area (Å²) >= 11 is 0. The van der Waals surface area contributed by atoms with E-state index in [2.05, 4.69) is 10.6 Å². The highest BCUT2D eigenvalue weighted by Gasteiger charge is 2.14. The van der Waals surface area contributed by atoms with E-state index in [0.717, 1.165) is 31.7 Å². The molecule has 1 heterocycles. The average molecular weight is 263 g/mol. The minimum Gasteiger partial charge on any atom is -0.397 e. The summed E-state index contributed by atoms with van der Waals surface area (Å²) in [5, 5.41) is 5.86. The molecule has 1 aromatic carbocycles. The fraction of sp³-hybridized carbons (Fsp3) is 0.500. The molecule has 0 saturated carbocycles. The lowest BCUT2D eigenvalue weighted by molar-refractivity contribution is 0.0248. The second-order valence-electron chi connectivity index (χ2n) is 4.75. The van der Waals surface area contributed by atoms with Crippen molar-refractivity contribution < 1.29 is 9.53 Å². The second-order valence-corrected chi connectivity index (χ2v) is 4.75. The first-order chi connectivity index (χ1) is 9.20. The van der Waals surface area contributed by atoms with E-state index in [1.165, 1.54) is 6.42 Å². The third-order valence-corrected chi connectivity index (χ3v) is 3.33. The van der Waals surface area contributed by atoms with E-state index < -0.39 is 0 Å². The number of hydrogen-bond acceptors (Lipinski definition) is 4. The summed E-state index contributed by atoms with van der Waals surface area (Å²) in [6.45, 7) is 1.60. The van der Waals surface area contributed by atoms with E-state index in [9.17, 15) is 4.79 Å². The minimum absolute atomic E-state index is 0.131. The van der Waals surface area contributed by atoms with E-state index in [-0.39, 0.29) is 12.0 Å². The van der Waals surface area contributed by atoms with Gasteiger partial charge in [0.05, 0.1) is 17.5 Å². The number of ether oxygens (including phenoxy) is 1. The molecule has 0 radical (unpaired) electrons. The first kappa shape index (κ1) is 13.7. The number of amides is 1. The molecule has 4 N–H and O–H groups in total. The van der Waals surface area contributed by atoms with Crippen molar-refractivity contribution in [3.8, 4) is 0 Å². The van der Waals surface area contributed by atoms with Crippen LogP contribution in [0, 0.1) is 0 Å².